The van der Waals surface area contributed by atoms with E-state index in [-0.39, 0.29) is 28.6 Å². The predicted molar refractivity (Wildman–Crippen MR) is 98.0 cm³/mol. The summed E-state index contributed by atoms with van der Waals surface area (Å²) in [5, 5.41) is 21.4. The van der Waals surface area contributed by atoms with Gasteiger partial charge in [-0.3, -0.25) is 4.79 Å². The van der Waals surface area contributed by atoms with Gasteiger partial charge in [0.25, 0.3) is 0 Å². The molecule has 1 aromatic heterocycles. The molecule has 1 amide bonds. The third-order valence-electron chi connectivity index (χ3n) is 3.60. The number of thioether (sulfide) groups is 1. The Labute approximate surface area is 150 Å². The van der Waals surface area contributed by atoms with Gasteiger partial charge in [0.15, 0.2) is 0 Å². The molecule has 0 saturated carbocycles. The molecule has 0 fully saturated rings. The number of nitrogen functional groups attached to an aromatic ring is 1. The fourth-order valence-electron chi connectivity index (χ4n) is 2.30. The highest BCUT2D eigenvalue weighted by atomic mass is 32.2. The summed E-state index contributed by atoms with van der Waals surface area (Å²) in [7, 11) is 0. The second-order valence-electron chi connectivity index (χ2n) is 5.30. The van der Waals surface area contributed by atoms with Crippen molar-refractivity contribution in [2.75, 3.05) is 16.8 Å². The molecule has 0 radical (unpaired) electrons. The molecule has 0 atom stereocenters. The van der Waals surface area contributed by atoms with Crippen LogP contribution in [0.15, 0.2) is 29.3 Å². The average Bonchev–Trinajstić information content (AvgIpc) is 2.61. The van der Waals surface area contributed by atoms with Crippen molar-refractivity contribution in [1.29, 1.82) is 10.5 Å². The Balaban J connectivity index is 2.13. The molecule has 1 heterocycles. The lowest BCUT2D eigenvalue weighted by atomic mass is 10.1. The number of amides is 1. The van der Waals surface area contributed by atoms with Crippen LogP contribution in [0.2, 0.25) is 0 Å². The molecule has 126 valence electrons. The maximum absolute atomic E-state index is 12.3. The minimum atomic E-state index is -0.192. The van der Waals surface area contributed by atoms with E-state index < -0.39 is 0 Å². The van der Waals surface area contributed by atoms with Gasteiger partial charge in [0.2, 0.25) is 5.91 Å². The van der Waals surface area contributed by atoms with E-state index in [1.54, 1.807) is 0 Å². The van der Waals surface area contributed by atoms with Gasteiger partial charge in [0.1, 0.15) is 23.0 Å². The van der Waals surface area contributed by atoms with E-state index in [0.29, 0.717) is 5.03 Å². The molecule has 0 bridgehead atoms. The van der Waals surface area contributed by atoms with Crippen LogP contribution in [0.3, 0.4) is 0 Å². The smallest absolute Gasteiger partial charge is 0.234 e. The Kier molecular flexibility index (Phi) is 5.99. The van der Waals surface area contributed by atoms with Crippen LogP contribution < -0.4 is 11.1 Å². The van der Waals surface area contributed by atoms with Gasteiger partial charge in [0.05, 0.1) is 16.9 Å². The van der Waals surface area contributed by atoms with E-state index in [1.807, 2.05) is 44.2 Å². The number of hydrogen-bond acceptors (Lipinski definition) is 6. The molecule has 2 rings (SSSR count). The van der Waals surface area contributed by atoms with Crippen molar-refractivity contribution in [2.24, 2.45) is 0 Å². The quantitative estimate of drug-likeness (QED) is 0.800. The topological polar surface area (TPSA) is 116 Å². The summed E-state index contributed by atoms with van der Waals surface area (Å²) in [4.78, 5) is 16.3. The van der Waals surface area contributed by atoms with Gasteiger partial charge in [-0.05, 0) is 30.5 Å². The van der Waals surface area contributed by atoms with Crippen molar-refractivity contribution in [3.8, 4) is 12.1 Å². The fraction of sp³-hybridized carbons (Fsp3) is 0.222. The van der Waals surface area contributed by atoms with E-state index >= 15 is 0 Å². The number of anilines is 2. The summed E-state index contributed by atoms with van der Waals surface area (Å²) in [5.74, 6) is -0.0518. The second-order valence-corrected chi connectivity index (χ2v) is 6.26. The normalized spacial score (nSPS) is 9.92. The van der Waals surface area contributed by atoms with E-state index in [2.05, 4.69) is 10.3 Å². The number of hydrogen-bond donors (Lipinski definition) is 2. The Hall–Kier alpha value is -3.03. The van der Waals surface area contributed by atoms with Gasteiger partial charge in [-0.15, -0.1) is 0 Å². The molecule has 0 spiro atoms. The average molecular weight is 351 g/mol. The molecule has 0 unspecified atom stereocenters. The van der Waals surface area contributed by atoms with Gasteiger partial charge in [-0.2, -0.15) is 10.5 Å². The zero-order valence-corrected chi connectivity index (χ0v) is 14.8. The molecule has 3 N–H and O–H groups in total. The van der Waals surface area contributed by atoms with Gasteiger partial charge < -0.3 is 11.1 Å². The minimum Gasteiger partial charge on any atom is -0.383 e. The highest BCUT2D eigenvalue weighted by Gasteiger charge is 2.14. The number of nitrogens with two attached hydrogens (primary N) is 1. The number of benzene rings is 1. The molecule has 0 aliphatic heterocycles. The molecular formula is C18H17N5OS. The van der Waals surface area contributed by atoms with Crippen molar-refractivity contribution in [3.63, 3.8) is 0 Å². The first-order valence-electron chi connectivity index (χ1n) is 7.62. The standard InChI is InChI=1S/C18H17N5OS/c1-3-12-6-4-5-11(2)16(12)22-15(24)10-25-18-14(9-20)7-13(8-19)17(21)23-18/h4-7H,3,10H2,1-2H3,(H2,21,23)(H,22,24). The van der Waals surface area contributed by atoms with Crippen molar-refractivity contribution in [3.05, 3.63) is 46.5 Å². The summed E-state index contributed by atoms with van der Waals surface area (Å²) in [6.45, 7) is 3.97. The molecule has 1 aromatic carbocycles. The van der Waals surface area contributed by atoms with Gasteiger partial charge in [0, 0.05) is 5.69 Å². The van der Waals surface area contributed by atoms with E-state index in [1.165, 1.54) is 6.07 Å². The number of carbonyl (C=O) groups is 1. The molecule has 0 aliphatic carbocycles. The number of aryl methyl sites for hydroxylation is 2. The van der Waals surface area contributed by atoms with E-state index in [9.17, 15) is 10.1 Å². The van der Waals surface area contributed by atoms with Gasteiger partial charge in [-0.25, -0.2) is 4.98 Å². The van der Waals surface area contributed by atoms with Crippen LogP contribution in [0, 0.1) is 29.6 Å². The van der Waals surface area contributed by atoms with Crippen LogP contribution in [0.1, 0.15) is 29.2 Å². The number of para-hydroxylation sites is 1. The first kappa shape index (κ1) is 18.3. The molecular weight excluding hydrogens is 334 g/mol. The maximum Gasteiger partial charge on any atom is 0.234 e. The monoisotopic (exact) mass is 351 g/mol. The van der Waals surface area contributed by atoms with E-state index in [4.69, 9.17) is 11.0 Å². The zero-order chi connectivity index (χ0) is 18.4. The molecule has 25 heavy (non-hydrogen) atoms. The summed E-state index contributed by atoms with van der Waals surface area (Å²) in [6, 6.07) is 11.1. The summed E-state index contributed by atoms with van der Waals surface area (Å²) in [5.41, 5.74) is 8.95. The number of rotatable bonds is 5. The number of nitriles is 2. The van der Waals surface area contributed by atoms with Crippen LogP contribution in [-0.4, -0.2) is 16.6 Å². The number of carbonyl (C=O) groups excluding carboxylic acids is 1. The molecule has 0 saturated heterocycles. The first-order valence-corrected chi connectivity index (χ1v) is 8.60. The van der Waals surface area contributed by atoms with Crippen molar-refractivity contribution >= 4 is 29.2 Å². The predicted octanol–water partition coefficient (Wildman–Crippen LogP) is 3.01. The Bertz CT molecular complexity index is 896. The van der Waals surface area contributed by atoms with E-state index in [0.717, 1.165) is 35.0 Å². The van der Waals surface area contributed by atoms with Crippen LogP contribution in [-0.2, 0) is 11.2 Å². The number of aromatic nitrogens is 1. The maximum atomic E-state index is 12.3. The van der Waals surface area contributed by atoms with Gasteiger partial charge in [-0.1, -0.05) is 36.9 Å². The summed E-state index contributed by atoms with van der Waals surface area (Å²) < 4.78 is 0. The van der Waals surface area contributed by atoms with Crippen molar-refractivity contribution < 1.29 is 4.79 Å². The molecule has 2 aromatic rings. The lowest BCUT2D eigenvalue weighted by Crippen LogP contribution is -2.16. The van der Waals surface area contributed by atoms with Crippen LogP contribution in [0.5, 0.6) is 0 Å². The number of pyridine rings is 1. The highest BCUT2D eigenvalue weighted by molar-refractivity contribution is 8.00. The Morgan fingerprint density at radius 2 is 2.04 bits per heavy atom. The summed E-state index contributed by atoms with van der Waals surface area (Å²) >= 11 is 1.12. The summed E-state index contributed by atoms with van der Waals surface area (Å²) in [6.07, 6.45) is 0.816. The largest absolute Gasteiger partial charge is 0.383 e. The highest BCUT2D eigenvalue weighted by Crippen LogP contribution is 2.25. The second kappa shape index (κ2) is 8.18. The number of nitrogens with one attached hydrogen (secondary N) is 1. The third-order valence-corrected chi connectivity index (χ3v) is 4.59. The fourth-order valence-corrected chi connectivity index (χ4v) is 3.06. The van der Waals surface area contributed by atoms with Crippen LogP contribution >= 0.6 is 11.8 Å². The SMILES string of the molecule is CCc1cccc(C)c1NC(=O)CSc1nc(N)c(C#N)cc1C#N. The third kappa shape index (κ3) is 4.28. The van der Waals surface area contributed by atoms with Gasteiger partial charge >= 0.3 is 0 Å². The molecule has 6 nitrogen and oxygen atoms in total. The van der Waals surface area contributed by atoms with Crippen molar-refractivity contribution in [1.82, 2.24) is 4.98 Å². The number of nitrogens with zero attached hydrogens (tertiary/aromatic N) is 3. The first-order chi connectivity index (χ1) is 12.0. The molecule has 0 aliphatic rings. The van der Waals surface area contributed by atoms with Crippen molar-refractivity contribution in [2.45, 2.75) is 25.3 Å². The Morgan fingerprint density at radius 1 is 1.32 bits per heavy atom. The van der Waals surface area contributed by atoms with Crippen LogP contribution in [0.25, 0.3) is 0 Å². The minimum absolute atomic E-state index is 0.0524. The molecule has 7 heteroatoms. The zero-order valence-electron chi connectivity index (χ0n) is 14.0. The van der Waals surface area contributed by atoms with Crippen LogP contribution in [0.4, 0.5) is 11.5 Å². The lowest BCUT2D eigenvalue weighted by molar-refractivity contribution is -0.113. The lowest BCUT2D eigenvalue weighted by Gasteiger charge is -2.13. The Morgan fingerprint density at radius 3 is 2.68 bits per heavy atom.